The maximum absolute atomic E-state index is 12.9. The molecule has 1 amide bonds. The van der Waals surface area contributed by atoms with E-state index in [4.69, 9.17) is 9.47 Å². The molecule has 0 aliphatic carbocycles. The summed E-state index contributed by atoms with van der Waals surface area (Å²) in [6.45, 7) is 7.90. The zero-order chi connectivity index (χ0) is 18.1. The molecule has 25 heavy (non-hydrogen) atoms. The van der Waals surface area contributed by atoms with E-state index in [1.807, 2.05) is 37.1 Å². The molecule has 1 saturated heterocycles. The van der Waals surface area contributed by atoms with Crippen molar-refractivity contribution in [3.05, 3.63) is 23.8 Å². The molecule has 0 aromatic heterocycles. The molecule has 1 aliphatic rings. The zero-order valence-corrected chi connectivity index (χ0v) is 15.8. The van der Waals surface area contributed by atoms with Crippen LogP contribution in [0.3, 0.4) is 0 Å². The average Bonchev–Trinajstić information content (AvgIpc) is 2.63. The number of rotatable bonds is 9. The molecule has 0 saturated carbocycles. The lowest BCUT2D eigenvalue weighted by atomic mass is 9.97. The van der Waals surface area contributed by atoms with Crippen LogP contribution in [0.4, 0.5) is 0 Å². The van der Waals surface area contributed by atoms with Crippen LogP contribution in [0, 0.1) is 5.92 Å². The van der Waals surface area contributed by atoms with Gasteiger partial charge >= 0.3 is 0 Å². The van der Waals surface area contributed by atoms with Gasteiger partial charge in [-0.25, -0.2) is 0 Å². The molecule has 1 aromatic rings. The minimum absolute atomic E-state index is 0.0851. The number of ether oxygens (including phenoxy) is 2. The van der Waals surface area contributed by atoms with Crippen molar-refractivity contribution >= 4 is 5.91 Å². The Morgan fingerprint density at radius 2 is 2.12 bits per heavy atom. The van der Waals surface area contributed by atoms with Crippen LogP contribution >= 0.6 is 0 Å². The number of hydrogen-bond donors (Lipinski definition) is 1. The van der Waals surface area contributed by atoms with Crippen LogP contribution in [0.1, 0.15) is 49.9 Å². The van der Waals surface area contributed by atoms with Crippen molar-refractivity contribution in [3.8, 4) is 11.5 Å². The fourth-order valence-electron chi connectivity index (χ4n) is 3.24. The Hall–Kier alpha value is -1.75. The second-order valence-corrected chi connectivity index (χ2v) is 6.61. The molecule has 1 fully saturated rings. The summed E-state index contributed by atoms with van der Waals surface area (Å²) in [6.07, 6.45) is 4.34. The molecule has 5 nitrogen and oxygen atoms in total. The summed E-state index contributed by atoms with van der Waals surface area (Å²) in [4.78, 5) is 14.9. The van der Waals surface area contributed by atoms with Crippen molar-refractivity contribution in [3.63, 3.8) is 0 Å². The molecule has 5 heteroatoms. The highest BCUT2D eigenvalue weighted by Gasteiger charge is 2.24. The largest absolute Gasteiger partial charge is 0.490 e. The standard InChI is InChI=1S/C20H32N2O3/c1-4-6-12-25-18-10-9-17(13-19(18)24-5-2)20(23)22-11-7-8-16(15-22)14-21-3/h9-10,13,16,21H,4-8,11-12,14-15H2,1-3H3. The first-order chi connectivity index (χ1) is 12.2. The monoisotopic (exact) mass is 348 g/mol. The van der Waals surface area contributed by atoms with Gasteiger partial charge in [0.2, 0.25) is 0 Å². The van der Waals surface area contributed by atoms with Crippen LogP contribution in [0.2, 0.25) is 0 Å². The molecule has 0 radical (unpaired) electrons. The van der Waals surface area contributed by atoms with Gasteiger partial charge in [0.05, 0.1) is 13.2 Å². The van der Waals surface area contributed by atoms with Gasteiger partial charge in [0.15, 0.2) is 11.5 Å². The van der Waals surface area contributed by atoms with Gasteiger partial charge in [0, 0.05) is 18.7 Å². The molecule has 2 rings (SSSR count). The quantitative estimate of drug-likeness (QED) is 0.696. The molecule has 1 unspecified atom stereocenters. The molecule has 1 N–H and O–H groups in total. The average molecular weight is 348 g/mol. The smallest absolute Gasteiger partial charge is 0.254 e. The normalized spacial score (nSPS) is 17.4. The third-order valence-corrected chi connectivity index (χ3v) is 4.54. The number of nitrogens with one attached hydrogen (secondary N) is 1. The van der Waals surface area contributed by atoms with E-state index in [1.54, 1.807) is 0 Å². The van der Waals surface area contributed by atoms with Crippen LogP contribution in [0.15, 0.2) is 18.2 Å². The summed E-state index contributed by atoms with van der Waals surface area (Å²) in [6, 6.07) is 5.55. The van der Waals surface area contributed by atoms with Crippen molar-refractivity contribution in [2.24, 2.45) is 5.92 Å². The zero-order valence-electron chi connectivity index (χ0n) is 15.8. The topological polar surface area (TPSA) is 50.8 Å². The van der Waals surface area contributed by atoms with Gasteiger partial charge in [-0.2, -0.15) is 0 Å². The minimum atomic E-state index is 0.0851. The van der Waals surface area contributed by atoms with E-state index in [9.17, 15) is 4.79 Å². The Bertz CT molecular complexity index is 546. The number of benzene rings is 1. The molecule has 1 aromatic carbocycles. The highest BCUT2D eigenvalue weighted by Crippen LogP contribution is 2.30. The van der Waals surface area contributed by atoms with E-state index in [0.29, 0.717) is 30.4 Å². The maximum atomic E-state index is 12.9. The van der Waals surface area contributed by atoms with E-state index in [0.717, 1.165) is 44.6 Å². The van der Waals surface area contributed by atoms with Crippen LogP contribution in [-0.4, -0.2) is 50.7 Å². The van der Waals surface area contributed by atoms with E-state index in [-0.39, 0.29) is 5.91 Å². The number of unbranched alkanes of at least 4 members (excludes halogenated alkanes) is 1. The summed E-state index contributed by atoms with van der Waals surface area (Å²) < 4.78 is 11.5. The van der Waals surface area contributed by atoms with Gasteiger partial charge in [-0.3, -0.25) is 4.79 Å². The highest BCUT2D eigenvalue weighted by atomic mass is 16.5. The third-order valence-electron chi connectivity index (χ3n) is 4.54. The number of amides is 1. The number of hydrogen-bond acceptors (Lipinski definition) is 4. The van der Waals surface area contributed by atoms with Crippen molar-refractivity contribution < 1.29 is 14.3 Å². The first kappa shape index (κ1) is 19.6. The third kappa shape index (κ3) is 5.63. The summed E-state index contributed by atoms with van der Waals surface area (Å²) in [7, 11) is 1.96. The van der Waals surface area contributed by atoms with Crippen LogP contribution in [0.25, 0.3) is 0 Å². The molecule has 140 valence electrons. The number of piperidine rings is 1. The number of likely N-dealkylation sites (tertiary alicyclic amines) is 1. The van der Waals surface area contributed by atoms with Gasteiger partial charge in [-0.05, 0) is 63.9 Å². The van der Waals surface area contributed by atoms with E-state index in [2.05, 4.69) is 12.2 Å². The van der Waals surface area contributed by atoms with Gasteiger partial charge in [-0.1, -0.05) is 13.3 Å². The molecule has 1 aliphatic heterocycles. The summed E-state index contributed by atoms with van der Waals surface area (Å²) in [5, 5.41) is 3.22. The van der Waals surface area contributed by atoms with E-state index in [1.165, 1.54) is 6.42 Å². The Kier molecular flexibility index (Phi) is 8.06. The van der Waals surface area contributed by atoms with E-state index < -0.39 is 0 Å². The number of nitrogens with zero attached hydrogens (tertiary/aromatic N) is 1. The maximum Gasteiger partial charge on any atom is 0.254 e. The lowest BCUT2D eigenvalue weighted by Gasteiger charge is -2.33. The van der Waals surface area contributed by atoms with Gasteiger partial charge < -0.3 is 19.7 Å². The van der Waals surface area contributed by atoms with Crippen LogP contribution < -0.4 is 14.8 Å². The summed E-state index contributed by atoms with van der Waals surface area (Å²) >= 11 is 0. The Labute approximate surface area is 151 Å². The van der Waals surface area contributed by atoms with Gasteiger partial charge in [0.1, 0.15) is 0 Å². The second-order valence-electron chi connectivity index (χ2n) is 6.61. The molecule has 1 heterocycles. The van der Waals surface area contributed by atoms with Crippen LogP contribution in [0.5, 0.6) is 11.5 Å². The van der Waals surface area contributed by atoms with Crippen molar-refractivity contribution in [2.45, 2.75) is 39.5 Å². The Morgan fingerprint density at radius 3 is 2.84 bits per heavy atom. The van der Waals surface area contributed by atoms with Crippen molar-refractivity contribution in [1.29, 1.82) is 0 Å². The molecular weight excluding hydrogens is 316 g/mol. The molecule has 1 atom stereocenters. The molecular formula is C20H32N2O3. The van der Waals surface area contributed by atoms with Crippen molar-refractivity contribution in [1.82, 2.24) is 10.2 Å². The minimum Gasteiger partial charge on any atom is -0.490 e. The van der Waals surface area contributed by atoms with Crippen molar-refractivity contribution in [2.75, 3.05) is 39.9 Å². The summed E-state index contributed by atoms with van der Waals surface area (Å²) in [5.74, 6) is 2.00. The first-order valence-corrected chi connectivity index (χ1v) is 9.53. The molecule has 0 spiro atoms. The predicted molar refractivity (Wildman–Crippen MR) is 101 cm³/mol. The second kappa shape index (κ2) is 10.3. The molecule has 0 bridgehead atoms. The number of carbonyl (C=O) groups excluding carboxylic acids is 1. The van der Waals surface area contributed by atoms with Crippen LogP contribution in [-0.2, 0) is 0 Å². The van der Waals surface area contributed by atoms with Gasteiger partial charge in [0.25, 0.3) is 5.91 Å². The fourth-order valence-corrected chi connectivity index (χ4v) is 3.24. The SMILES string of the molecule is CCCCOc1ccc(C(=O)N2CCCC(CNC)C2)cc1OCC. The van der Waals surface area contributed by atoms with E-state index >= 15 is 0 Å². The first-order valence-electron chi connectivity index (χ1n) is 9.53. The Balaban J connectivity index is 2.09. The lowest BCUT2D eigenvalue weighted by molar-refractivity contribution is 0.0673. The summed E-state index contributed by atoms with van der Waals surface area (Å²) in [5.41, 5.74) is 0.677. The lowest BCUT2D eigenvalue weighted by Crippen LogP contribution is -2.42. The Morgan fingerprint density at radius 1 is 1.28 bits per heavy atom. The predicted octanol–water partition coefficient (Wildman–Crippen LogP) is 3.34. The van der Waals surface area contributed by atoms with Gasteiger partial charge in [-0.15, -0.1) is 0 Å². The number of carbonyl (C=O) groups is 1. The fraction of sp³-hybridized carbons (Fsp3) is 0.650. The highest BCUT2D eigenvalue weighted by molar-refractivity contribution is 5.95.